The van der Waals surface area contributed by atoms with E-state index >= 15 is 0 Å². The fourth-order valence-corrected chi connectivity index (χ4v) is 2.96. The normalized spacial score (nSPS) is 14.4. The van der Waals surface area contributed by atoms with Gasteiger partial charge in [0.1, 0.15) is 0 Å². The summed E-state index contributed by atoms with van der Waals surface area (Å²) in [5.74, 6) is 0.200. The van der Waals surface area contributed by atoms with Gasteiger partial charge in [-0.25, -0.2) is 0 Å². The molecule has 1 aromatic rings. The van der Waals surface area contributed by atoms with Crippen LogP contribution in [0.2, 0.25) is 0 Å². The number of para-hydroxylation sites is 1. The van der Waals surface area contributed by atoms with Crippen LogP contribution in [0.3, 0.4) is 0 Å². The van der Waals surface area contributed by atoms with Crippen LogP contribution in [0.1, 0.15) is 42.5 Å². The van der Waals surface area contributed by atoms with E-state index in [4.69, 9.17) is 12.2 Å². The molecule has 0 aromatic heterocycles. The monoisotopic (exact) mass is 319 g/mol. The van der Waals surface area contributed by atoms with E-state index in [0.717, 1.165) is 12.8 Å². The lowest BCUT2D eigenvalue weighted by Crippen LogP contribution is -2.35. The average Bonchev–Trinajstić information content (AvgIpc) is 2.99. The summed E-state index contributed by atoms with van der Waals surface area (Å²) in [6.45, 7) is 0. The Morgan fingerprint density at radius 1 is 1.23 bits per heavy atom. The lowest BCUT2D eigenvalue weighted by atomic mass is 10.0. The summed E-state index contributed by atoms with van der Waals surface area (Å²) in [6, 6.07) is 7.03. The Labute approximate surface area is 135 Å². The molecule has 2 amide bonds. The van der Waals surface area contributed by atoms with Crippen LogP contribution in [0.4, 0.5) is 5.69 Å². The van der Waals surface area contributed by atoms with E-state index in [9.17, 15) is 9.59 Å². The summed E-state index contributed by atoms with van der Waals surface area (Å²) in [7, 11) is 1.57. The van der Waals surface area contributed by atoms with Gasteiger partial charge in [-0.2, -0.15) is 0 Å². The molecule has 0 atom stereocenters. The number of nitrogens with one attached hydrogen (secondary N) is 3. The van der Waals surface area contributed by atoms with Gasteiger partial charge in [-0.3, -0.25) is 9.59 Å². The summed E-state index contributed by atoms with van der Waals surface area (Å²) in [4.78, 5) is 23.7. The van der Waals surface area contributed by atoms with E-state index in [-0.39, 0.29) is 16.9 Å². The molecule has 3 N–H and O–H groups in total. The Morgan fingerprint density at radius 3 is 2.59 bits per heavy atom. The number of hydrogen-bond donors (Lipinski definition) is 3. The molecule has 2 rings (SSSR count). The van der Waals surface area contributed by atoms with Crippen LogP contribution >= 0.6 is 12.2 Å². The lowest BCUT2D eigenvalue weighted by Gasteiger charge is -2.14. The van der Waals surface area contributed by atoms with Gasteiger partial charge < -0.3 is 16.0 Å². The summed E-state index contributed by atoms with van der Waals surface area (Å²) >= 11 is 5.16. The molecule has 5 nitrogen and oxygen atoms in total. The summed E-state index contributed by atoms with van der Waals surface area (Å²) in [5, 5.41) is 8.41. The molecule has 1 aliphatic carbocycles. The molecule has 1 aromatic carbocycles. The first-order valence-electron chi connectivity index (χ1n) is 7.52. The van der Waals surface area contributed by atoms with Crippen molar-refractivity contribution in [1.82, 2.24) is 10.6 Å². The maximum atomic E-state index is 12.0. The van der Waals surface area contributed by atoms with E-state index < -0.39 is 0 Å². The molecule has 0 heterocycles. The number of carbonyl (C=O) groups excluding carboxylic acids is 2. The van der Waals surface area contributed by atoms with Gasteiger partial charge in [0.05, 0.1) is 11.3 Å². The van der Waals surface area contributed by atoms with E-state index in [2.05, 4.69) is 16.0 Å². The minimum atomic E-state index is -0.205. The van der Waals surface area contributed by atoms with Gasteiger partial charge in [0.25, 0.3) is 5.91 Å². The third kappa shape index (κ3) is 4.53. The third-order valence-corrected chi connectivity index (χ3v) is 4.05. The van der Waals surface area contributed by atoms with E-state index in [0.29, 0.717) is 23.6 Å². The van der Waals surface area contributed by atoms with Gasteiger partial charge in [0.2, 0.25) is 5.91 Å². The minimum absolute atomic E-state index is 0.0678. The highest BCUT2D eigenvalue weighted by atomic mass is 32.1. The molecule has 22 heavy (non-hydrogen) atoms. The predicted molar refractivity (Wildman–Crippen MR) is 90.8 cm³/mol. The maximum Gasteiger partial charge on any atom is 0.253 e. The van der Waals surface area contributed by atoms with Crippen molar-refractivity contribution in [3.8, 4) is 0 Å². The standard InChI is InChI=1S/C16H21N3O2S/c1-17-15(21)12-8-4-5-9-13(12)18-16(22)19-14(20)10-11-6-2-3-7-11/h4-5,8-9,11H,2-3,6-7,10H2,1H3,(H,17,21)(H2,18,19,20,22). The quantitative estimate of drug-likeness (QED) is 0.746. The van der Waals surface area contributed by atoms with Crippen LogP contribution in [0, 0.1) is 5.92 Å². The third-order valence-electron chi connectivity index (χ3n) is 3.85. The van der Waals surface area contributed by atoms with Crippen molar-refractivity contribution in [3.63, 3.8) is 0 Å². The number of amides is 2. The fourth-order valence-electron chi connectivity index (χ4n) is 2.73. The summed E-state index contributed by atoms with van der Waals surface area (Å²) in [6.07, 6.45) is 5.17. The number of anilines is 1. The number of carbonyl (C=O) groups is 2. The zero-order valence-electron chi connectivity index (χ0n) is 12.6. The SMILES string of the molecule is CNC(=O)c1ccccc1NC(=S)NC(=O)CC1CCCC1. The molecule has 1 fully saturated rings. The maximum absolute atomic E-state index is 12.0. The van der Waals surface area contributed by atoms with Crippen LogP contribution in [-0.4, -0.2) is 24.0 Å². The first-order valence-corrected chi connectivity index (χ1v) is 7.93. The Morgan fingerprint density at radius 2 is 1.91 bits per heavy atom. The van der Waals surface area contributed by atoms with Crippen LogP contribution in [0.5, 0.6) is 0 Å². The molecular weight excluding hydrogens is 298 g/mol. The van der Waals surface area contributed by atoms with Crippen molar-refractivity contribution >= 4 is 34.8 Å². The first kappa shape index (κ1) is 16.4. The molecule has 0 saturated heterocycles. The molecule has 6 heteroatoms. The Kier molecular flexibility index (Phi) is 5.89. The number of hydrogen-bond acceptors (Lipinski definition) is 3. The second-order valence-corrected chi connectivity index (χ2v) is 5.89. The Balaban J connectivity index is 1.91. The van der Waals surface area contributed by atoms with Gasteiger partial charge >= 0.3 is 0 Å². The van der Waals surface area contributed by atoms with Crippen LogP contribution in [0.15, 0.2) is 24.3 Å². The van der Waals surface area contributed by atoms with E-state index in [1.807, 2.05) is 0 Å². The van der Waals surface area contributed by atoms with Crippen LogP contribution < -0.4 is 16.0 Å². The first-order chi connectivity index (χ1) is 10.6. The number of rotatable bonds is 4. The number of benzene rings is 1. The average molecular weight is 319 g/mol. The van der Waals surface area contributed by atoms with Crippen LogP contribution in [0.25, 0.3) is 0 Å². The second kappa shape index (κ2) is 7.89. The van der Waals surface area contributed by atoms with Gasteiger partial charge in [0.15, 0.2) is 5.11 Å². The summed E-state index contributed by atoms with van der Waals surface area (Å²) < 4.78 is 0. The second-order valence-electron chi connectivity index (χ2n) is 5.48. The van der Waals surface area contributed by atoms with Crippen molar-refractivity contribution in [2.45, 2.75) is 32.1 Å². The topological polar surface area (TPSA) is 70.2 Å². The van der Waals surface area contributed by atoms with E-state index in [1.165, 1.54) is 12.8 Å². The van der Waals surface area contributed by atoms with E-state index in [1.54, 1.807) is 31.3 Å². The van der Waals surface area contributed by atoms with Gasteiger partial charge in [0, 0.05) is 13.5 Å². The smallest absolute Gasteiger partial charge is 0.253 e. The minimum Gasteiger partial charge on any atom is -0.355 e. The highest BCUT2D eigenvalue weighted by Gasteiger charge is 2.19. The van der Waals surface area contributed by atoms with Gasteiger partial charge in [-0.15, -0.1) is 0 Å². The van der Waals surface area contributed by atoms with Crippen molar-refractivity contribution in [2.24, 2.45) is 5.92 Å². The predicted octanol–water partition coefficient (Wildman–Crippen LogP) is 2.44. The summed E-state index contributed by atoms with van der Waals surface area (Å²) in [5.41, 5.74) is 1.06. The highest BCUT2D eigenvalue weighted by molar-refractivity contribution is 7.80. The zero-order valence-corrected chi connectivity index (χ0v) is 13.5. The Bertz CT molecular complexity index is 568. The molecule has 1 saturated carbocycles. The van der Waals surface area contributed by atoms with Gasteiger partial charge in [-0.05, 0) is 43.1 Å². The zero-order chi connectivity index (χ0) is 15.9. The van der Waals surface area contributed by atoms with Crippen LogP contribution in [-0.2, 0) is 4.79 Å². The lowest BCUT2D eigenvalue weighted by molar-refractivity contribution is -0.120. The molecule has 1 aliphatic rings. The largest absolute Gasteiger partial charge is 0.355 e. The molecular formula is C16H21N3O2S. The molecule has 0 unspecified atom stereocenters. The molecule has 118 valence electrons. The molecule has 0 aliphatic heterocycles. The van der Waals surface area contributed by atoms with Crippen molar-refractivity contribution in [3.05, 3.63) is 29.8 Å². The highest BCUT2D eigenvalue weighted by Crippen LogP contribution is 2.27. The molecule has 0 radical (unpaired) electrons. The van der Waals surface area contributed by atoms with Crippen molar-refractivity contribution < 1.29 is 9.59 Å². The van der Waals surface area contributed by atoms with Gasteiger partial charge in [-0.1, -0.05) is 25.0 Å². The number of thiocarbonyl (C=S) groups is 1. The Hall–Kier alpha value is -1.95. The molecule has 0 bridgehead atoms. The van der Waals surface area contributed by atoms with Crippen molar-refractivity contribution in [1.29, 1.82) is 0 Å². The molecule has 0 spiro atoms. The fraction of sp³-hybridized carbons (Fsp3) is 0.438. The van der Waals surface area contributed by atoms with Crippen molar-refractivity contribution in [2.75, 3.05) is 12.4 Å².